The number of nitrogens with one attached hydrogen (secondary N) is 1. The first-order chi connectivity index (χ1) is 13.2. The molecule has 2 N–H and O–H groups in total. The molecular weight excluding hydrogens is 346 g/mol. The standard InChI is InChI=1S/C21H33NO5/c1-2-7-18(11-12-20-25-14-15-26-20)19(10-6-13-23)22-21(24)27-16-17-8-4-3-5-9-17/h3-5,8-9,18-20,23H,2,6-7,10-16H2,1H3,(H,22,24)/t18-,19+/m1/s1. The van der Waals surface area contributed by atoms with Gasteiger partial charge in [-0.1, -0.05) is 43.7 Å². The van der Waals surface area contributed by atoms with E-state index in [1.165, 1.54) is 0 Å². The summed E-state index contributed by atoms with van der Waals surface area (Å²) in [5, 5.41) is 12.3. The third-order valence-electron chi connectivity index (χ3n) is 4.88. The van der Waals surface area contributed by atoms with Crippen molar-refractivity contribution in [3.05, 3.63) is 35.9 Å². The van der Waals surface area contributed by atoms with E-state index in [0.717, 1.165) is 37.7 Å². The van der Waals surface area contributed by atoms with Gasteiger partial charge in [-0.15, -0.1) is 0 Å². The largest absolute Gasteiger partial charge is 0.445 e. The van der Waals surface area contributed by atoms with E-state index < -0.39 is 6.09 Å². The first-order valence-corrected chi connectivity index (χ1v) is 10.0. The van der Waals surface area contributed by atoms with Gasteiger partial charge in [0.05, 0.1) is 13.2 Å². The molecule has 0 spiro atoms. The molecule has 0 bridgehead atoms. The molecular formula is C21H33NO5. The average Bonchev–Trinajstić information content (AvgIpc) is 3.21. The molecule has 1 saturated heterocycles. The minimum absolute atomic E-state index is 0.0261. The van der Waals surface area contributed by atoms with Gasteiger partial charge < -0.3 is 24.6 Å². The highest BCUT2D eigenvalue weighted by molar-refractivity contribution is 5.67. The maximum Gasteiger partial charge on any atom is 0.407 e. The lowest BCUT2D eigenvalue weighted by molar-refractivity contribution is -0.0512. The van der Waals surface area contributed by atoms with E-state index in [0.29, 0.717) is 25.6 Å². The van der Waals surface area contributed by atoms with Crippen molar-refractivity contribution >= 4 is 6.09 Å². The number of benzene rings is 1. The molecule has 1 amide bonds. The topological polar surface area (TPSA) is 77.0 Å². The number of hydrogen-bond donors (Lipinski definition) is 2. The molecule has 1 aliphatic heterocycles. The Morgan fingerprint density at radius 3 is 2.63 bits per heavy atom. The summed E-state index contributed by atoms with van der Waals surface area (Å²) >= 11 is 0. The summed E-state index contributed by atoms with van der Waals surface area (Å²) < 4.78 is 16.5. The van der Waals surface area contributed by atoms with Gasteiger partial charge in [-0.2, -0.15) is 0 Å². The molecule has 1 aliphatic rings. The third-order valence-corrected chi connectivity index (χ3v) is 4.88. The molecule has 1 heterocycles. The van der Waals surface area contributed by atoms with Gasteiger partial charge in [-0.05, 0) is 43.6 Å². The van der Waals surface area contributed by atoms with Gasteiger partial charge in [0.2, 0.25) is 0 Å². The summed E-state index contributed by atoms with van der Waals surface area (Å²) in [6, 6.07) is 9.61. The Labute approximate surface area is 162 Å². The molecule has 1 aromatic carbocycles. The minimum atomic E-state index is -0.406. The van der Waals surface area contributed by atoms with Crippen molar-refractivity contribution in [2.45, 2.75) is 64.4 Å². The van der Waals surface area contributed by atoms with Crippen LogP contribution in [0.5, 0.6) is 0 Å². The van der Waals surface area contributed by atoms with Gasteiger partial charge in [0.25, 0.3) is 0 Å². The van der Waals surface area contributed by atoms with Crippen LogP contribution in [0.1, 0.15) is 51.0 Å². The van der Waals surface area contributed by atoms with Crippen molar-refractivity contribution in [3.63, 3.8) is 0 Å². The van der Waals surface area contributed by atoms with Crippen molar-refractivity contribution in [2.75, 3.05) is 19.8 Å². The van der Waals surface area contributed by atoms with E-state index in [9.17, 15) is 9.90 Å². The molecule has 152 valence electrons. The molecule has 6 nitrogen and oxygen atoms in total. The zero-order valence-electron chi connectivity index (χ0n) is 16.3. The molecule has 0 aliphatic carbocycles. The van der Waals surface area contributed by atoms with Crippen LogP contribution in [0.25, 0.3) is 0 Å². The SMILES string of the molecule is CCC[C@H](CCC1OCCO1)[C@H](CCCO)NC(=O)OCc1ccccc1. The van der Waals surface area contributed by atoms with Crippen LogP contribution in [0.2, 0.25) is 0 Å². The number of aliphatic hydroxyl groups excluding tert-OH is 1. The predicted octanol–water partition coefficient (Wildman–Crippen LogP) is 3.62. The number of aliphatic hydroxyl groups is 1. The smallest absolute Gasteiger partial charge is 0.407 e. The number of carbonyl (C=O) groups is 1. The van der Waals surface area contributed by atoms with Gasteiger partial charge in [-0.3, -0.25) is 0 Å². The molecule has 2 atom stereocenters. The first-order valence-electron chi connectivity index (χ1n) is 10.0. The van der Waals surface area contributed by atoms with Crippen LogP contribution in [-0.4, -0.2) is 43.4 Å². The molecule has 0 radical (unpaired) electrons. The Bertz CT molecular complexity index is 519. The Morgan fingerprint density at radius 1 is 1.22 bits per heavy atom. The van der Waals surface area contributed by atoms with Gasteiger partial charge in [0.1, 0.15) is 6.61 Å². The molecule has 6 heteroatoms. The second kappa shape index (κ2) is 12.7. The van der Waals surface area contributed by atoms with Crippen molar-refractivity contribution in [1.82, 2.24) is 5.32 Å². The second-order valence-electron chi connectivity index (χ2n) is 6.98. The maximum atomic E-state index is 12.3. The maximum absolute atomic E-state index is 12.3. The number of hydrogen-bond acceptors (Lipinski definition) is 5. The minimum Gasteiger partial charge on any atom is -0.445 e. The van der Waals surface area contributed by atoms with Crippen LogP contribution < -0.4 is 5.32 Å². The fraction of sp³-hybridized carbons (Fsp3) is 0.667. The third kappa shape index (κ3) is 8.28. The Balaban J connectivity index is 1.87. The van der Waals surface area contributed by atoms with Crippen molar-refractivity contribution in [1.29, 1.82) is 0 Å². The molecule has 2 rings (SSSR count). The molecule has 1 aromatic rings. The highest BCUT2D eigenvalue weighted by atomic mass is 16.7. The average molecular weight is 379 g/mol. The van der Waals surface area contributed by atoms with Crippen LogP contribution >= 0.6 is 0 Å². The lowest BCUT2D eigenvalue weighted by Gasteiger charge is -2.28. The van der Waals surface area contributed by atoms with Crippen molar-refractivity contribution in [3.8, 4) is 0 Å². The number of rotatable bonds is 12. The molecule has 1 fully saturated rings. The number of amides is 1. The van der Waals surface area contributed by atoms with Crippen LogP contribution in [0.4, 0.5) is 4.79 Å². The van der Waals surface area contributed by atoms with Gasteiger partial charge in [0, 0.05) is 12.6 Å². The number of carbonyl (C=O) groups excluding carboxylic acids is 1. The van der Waals surface area contributed by atoms with E-state index in [1.54, 1.807) is 0 Å². The lowest BCUT2D eigenvalue weighted by Crippen LogP contribution is -2.41. The van der Waals surface area contributed by atoms with Gasteiger partial charge >= 0.3 is 6.09 Å². The Morgan fingerprint density at radius 2 is 1.96 bits per heavy atom. The number of alkyl carbamates (subject to hydrolysis) is 1. The fourth-order valence-electron chi connectivity index (χ4n) is 3.49. The highest BCUT2D eigenvalue weighted by Crippen LogP contribution is 2.24. The monoisotopic (exact) mass is 379 g/mol. The Hall–Kier alpha value is -1.63. The first kappa shape index (κ1) is 21.7. The van der Waals surface area contributed by atoms with E-state index >= 15 is 0 Å². The highest BCUT2D eigenvalue weighted by Gasteiger charge is 2.25. The normalized spacial score (nSPS) is 16.8. The molecule has 27 heavy (non-hydrogen) atoms. The summed E-state index contributed by atoms with van der Waals surface area (Å²) in [5.74, 6) is 0.304. The van der Waals surface area contributed by atoms with Gasteiger partial charge in [-0.25, -0.2) is 4.79 Å². The van der Waals surface area contributed by atoms with E-state index in [2.05, 4.69) is 12.2 Å². The predicted molar refractivity (Wildman–Crippen MR) is 103 cm³/mol. The van der Waals surface area contributed by atoms with Crippen LogP contribution in [-0.2, 0) is 20.8 Å². The summed E-state index contributed by atoms with van der Waals surface area (Å²) in [4.78, 5) is 12.3. The summed E-state index contributed by atoms with van der Waals surface area (Å²) in [6.45, 7) is 3.82. The quantitative estimate of drug-likeness (QED) is 0.580. The second-order valence-corrected chi connectivity index (χ2v) is 6.98. The lowest BCUT2D eigenvalue weighted by atomic mass is 9.87. The molecule has 0 unspecified atom stereocenters. The zero-order chi connectivity index (χ0) is 19.3. The van der Waals surface area contributed by atoms with Crippen LogP contribution in [0.15, 0.2) is 30.3 Å². The van der Waals surface area contributed by atoms with E-state index in [4.69, 9.17) is 14.2 Å². The number of ether oxygens (including phenoxy) is 3. The summed E-state index contributed by atoms with van der Waals surface area (Å²) in [7, 11) is 0. The zero-order valence-corrected chi connectivity index (χ0v) is 16.3. The molecule has 0 saturated carbocycles. The van der Waals surface area contributed by atoms with Crippen molar-refractivity contribution < 1.29 is 24.1 Å². The van der Waals surface area contributed by atoms with E-state index in [-0.39, 0.29) is 25.5 Å². The van der Waals surface area contributed by atoms with E-state index in [1.807, 2.05) is 30.3 Å². The summed E-state index contributed by atoms with van der Waals surface area (Å²) in [5.41, 5.74) is 0.959. The Kier molecular flexibility index (Phi) is 10.2. The van der Waals surface area contributed by atoms with Crippen LogP contribution in [0.3, 0.4) is 0 Å². The molecule has 0 aromatic heterocycles. The summed E-state index contributed by atoms with van der Waals surface area (Å²) in [6.07, 6.45) is 4.61. The van der Waals surface area contributed by atoms with Crippen molar-refractivity contribution in [2.24, 2.45) is 5.92 Å². The fourth-order valence-corrected chi connectivity index (χ4v) is 3.49. The van der Waals surface area contributed by atoms with Crippen LogP contribution in [0, 0.1) is 5.92 Å². The van der Waals surface area contributed by atoms with Gasteiger partial charge in [0.15, 0.2) is 6.29 Å².